The number of rotatable bonds is 4. The average molecular weight is 245 g/mol. The van der Waals surface area contributed by atoms with Crippen LogP contribution in [-0.2, 0) is 0 Å². The van der Waals surface area contributed by atoms with Crippen molar-refractivity contribution in [3.05, 3.63) is 24.3 Å². The summed E-state index contributed by atoms with van der Waals surface area (Å²) >= 11 is 0. The number of anilines is 1. The highest BCUT2D eigenvalue weighted by Crippen LogP contribution is 2.24. The van der Waals surface area contributed by atoms with Crippen molar-refractivity contribution in [2.75, 3.05) is 24.5 Å². The van der Waals surface area contributed by atoms with Crippen molar-refractivity contribution in [1.82, 2.24) is 10.3 Å². The minimum absolute atomic E-state index is 0.512. The van der Waals surface area contributed by atoms with E-state index in [-0.39, 0.29) is 0 Å². The molecular weight excluding hydrogens is 226 g/mol. The fourth-order valence-corrected chi connectivity index (χ4v) is 2.56. The maximum absolute atomic E-state index is 5.88. The van der Waals surface area contributed by atoms with Gasteiger partial charge in [-0.05, 0) is 31.5 Å². The summed E-state index contributed by atoms with van der Waals surface area (Å²) in [6.45, 7) is 5.31. The van der Waals surface area contributed by atoms with Gasteiger partial charge in [0.1, 0.15) is 5.52 Å². The summed E-state index contributed by atoms with van der Waals surface area (Å²) in [6.07, 6.45) is 2.27. The Labute approximate surface area is 107 Å². The Hall–Kier alpha value is -1.55. The van der Waals surface area contributed by atoms with Crippen LogP contribution < -0.4 is 10.2 Å². The Bertz CT molecular complexity index is 483. The van der Waals surface area contributed by atoms with Crippen LogP contribution in [0.4, 0.5) is 6.01 Å². The Morgan fingerprint density at radius 2 is 2.33 bits per heavy atom. The van der Waals surface area contributed by atoms with Crippen LogP contribution >= 0.6 is 0 Å². The van der Waals surface area contributed by atoms with Crippen molar-refractivity contribution in [2.24, 2.45) is 0 Å². The highest BCUT2D eigenvalue weighted by molar-refractivity contribution is 5.74. The third-order valence-electron chi connectivity index (χ3n) is 3.47. The SMILES string of the molecule is CCCN(c1nc2ccccc2o1)C1CCNC1. The molecule has 0 aliphatic carbocycles. The Balaban J connectivity index is 1.92. The molecule has 4 nitrogen and oxygen atoms in total. The lowest BCUT2D eigenvalue weighted by molar-refractivity contribution is 0.520. The van der Waals surface area contributed by atoms with Gasteiger partial charge in [-0.1, -0.05) is 19.1 Å². The first kappa shape index (κ1) is 11.5. The van der Waals surface area contributed by atoms with E-state index in [0.29, 0.717) is 6.04 Å². The van der Waals surface area contributed by atoms with Gasteiger partial charge in [0.25, 0.3) is 6.01 Å². The van der Waals surface area contributed by atoms with Crippen LogP contribution in [0.15, 0.2) is 28.7 Å². The Kier molecular flexibility index (Phi) is 3.19. The number of benzene rings is 1. The monoisotopic (exact) mass is 245 g/mol. The summed E-state index contributed by atoms with van der Waals surface area (Å²) in [4.78, 5) is 6.91. The molecule has 1 unspecified atom stereocenters. The van der Waals surface area contributed by atoms with Gasteiger partial charge in [-0.25, -0.2) is 0 Å². The van der Waals surface area contributed by atoms with Crippen LogP contribution in [0, 0.1) is 0 Å². The van der Waals surface area contributed by atoms with Crippen LogP contribution in [0.5, 0.6) is 0 Å². The van der Waals surface area contributed by atoms with Crippen molar-refractivity contribution < 1.29 is 4.42 Å². The van der Waals surface area contributed by atoms with Gasteiger partial charge < -0.3 is 14.6 Å². The topological polar surface area (TPSA) is 41.3 Å². The smallest absolute Gasteiger partial charge is 0.298 e. The zero-order valence-electron chi connectivity index (χ0n) is 10.7. The predicted molar refractivity (Wildman–Crippen MR) is 72.9 cm³/mol. The minimum Gasteiger partial charge on any atom is -0.423 e. The molecule has 3 rings (SSSR count). The first-order valence-electron chi connectivity index (χ1n) is 6.71. The first-order valence-corrected chi connectivity index (χ1v) is 6.71. The lowest BCUT2D eigenvalue weighted by atomic mass is 10.2. The zero-order valence-corrected chi connectivity index (χ0v) is 10.7. The van der Waals surface area contributed by atoms with Crippen LogP contribution in [0.2, 0.25) is 0 Å². The number of nitrogens with one attached hydrogen (secondary N) is 1. The number of aromatic nitrogens is 1. The Morgan fingerprint density at radius 3 is 3.06 bits per heavy atom. The molecule has 96 valence electrons. The van der Waals surface area contributed by atoms with Gasteiger partial charge in [-0.15, -0.1) is 0 Å². The number of hydrogen-bond acceptors (Lipinski definition) is 4. The third kappa shape index (κ3) is 2.08. The predicted octanol–water partition coefficient (Wildman–Crippen LogP) is 2.41. The molecule has 0 spiro atoms. The summed E-state index contributed by atoms with van der Waals surface area (Å²) in [6, 6.07) is 9.24. The summed E-state index contributed by atoms with van der Waals surface area (Å²) in [5.74, 6) is 0. The molecule has 1 aromatic carbocycles. The van der Waals surface area contributed by atoms with Crippen LogP contribution in [0.3, 0.4) is 0 Å². The van der Waals surface area contributed by atoms with E-state index in [4.69, 9.17) is 4.42 Å². The van der Waals surface area contributed by atoms with E-state index in [2.05, 4.69) is 22.1 Å². The molecule has 0 bridgehead atoms. The van der Waals surface area contributed by atoms with E-state index in [1.54, 1.807) is 0 Å². The van der Waals surface area contributed by atoms with Gasteiger partial charge in [0.15, 0.2) is 5.58 Å². The standard InChI is InChI=1S/C14H19N3O/c1-2-9-17(11-7-8-15-10-11)14-16-12-5-3-4-6-13(12)18-14/h3-6,11,15H,2,7-10H2,1H3. The molecule has 1 aromatic heterocycles. The molecule has 1 aliphatic heterocycles. The fourth-order valence-electron chi connectivity index (χ4n) is 2.56. The molecule has 0 radical (unpaired) electrons. The van der Waals surface area contributed by atoms with E-state index >= 15 is 0 Å². The van der Waals surface area contributed by atoms with Crippen molar-refractivity contribution in [2.45, 2.75) is 25.8 Å². The highest BCUT2D eigenvalue weighted by atomic mass is 16.4. The average Bonchev–Trinajstić information content (AvgIpc) is 3.04. The zero-order chi connectivity index (χ0) is 12.4. The van der Waals surface area contributed by atoms with E-state index in [1.165, 1.54) is 6.42 Å². The molecule has 1 atom stereocenters. The number of fused-ring (bicyclic) bond motifs is 1. The number of hydrogen-bond donors (Lipinski definition) is 1. The second kappa shape index (κ2) is 4.98. The lowest BCUT2D eigenvalue weighted by Gasteiger charge is -2.26. The molecule has 1 aliphatic rings. The van der Waals surface area contributed by atoms with Crippen molar-refractivity contribution in [1.29, 1.82) is 0 Å². The quantitative estimate of drug-likeness (QED) is 0.898. The number of para-hydroxylation sites is 2. The molecule has 1 N–H and O–H groups in total. The van der Waals surface area contributed by atoms with Gasteiger partial charge in [-0.2, -0.15) is 4.98 Å². The summed E-state index contributed by atoms with van der Waals surface area (Å²) < 4.78 is 5.88. The molecule has 18 heavy (non-hydrogen) atoms. The van der Waals surface area contributed by atoms with Crippen molar-refractivity contribution >= 4 is 17.1 Å². The maximum Gasteiger partial charge on any atom is 0.298 e. The molecule has 0 amide bonds. The third-order valence-corrected chi connectivity index (χ3v) is 3.47. The maximum atomic E-state index is 5.88. The van der Waals surface area contributed by atoms with Crippen LogP contribution in [-0.4, -0.2) is 30.7 Å². The van der Waals surface area contributed by atoms with E-state index in [0.717, 1.165) is 43.2 Å². The molecule has 2 aromatic rings. The van der Waals surface area contributed by atoms with Gasteiger partial charge in [-0.3, -0.25) is 0 Å². The second-order valence-corrected chi connectivity index (χ2v) is 4.80. The normalized spacial score (nSPS) is 19.5. The van der Waals surface area contributed by atoms with E-state index in [9.17, 15) is 0 Å². The molecule has 1 fully saturated rings. The van der Waals surface area contributed by atoms with Crippen molar-refractivity contribution in [3.8, 4) is 0 Å². The molecular formula is C14H19N3O. The van der Waals surface area contributed by atoms with Gasteiger partial charge in [0, 0.05) is 19.1 Å². The fraction of sp³-hybridized carbons (Fsp3) is 0.500. The lowest BCUT2D eigenvalue weighted by Crippen LogP contribution is -2.37. The van der Waals surface area contributed by atoms with Gasteiger partial charge in [0.2, 0.25) is 0 Å². The van der Waals surface area contributed by atoms with Crippen LogP contribution in [0.25, 0.3) is 11.1 Å². The summed E-state index contributed by atoms with van der Waals surface area (Å²) in [7, 11) is 0. The second-order valence-electron chi connectivity index (χ2n) is 4.80. The first-order chi connectivity index (χ1) is 8.88. The van der Waals surface area contributed by atoms with E-state index in [1.807, 2.05) is 24.3 Å². The minimum atomic E-state index is 0.512. The molecule has 2 heterocycles. The van der Waals surface area contributed by atoms with Crippen molar-refractivity contribution in [3.63, 3.8) is 0 Å². The Morgan fingerprint density at radius 1 is 1.44 bits per heavy atom. The number of oxazole rings is 1. The molecule has 4 heteroatoms. The van der Waals surface area contributed by atoms with Gasteiger partial charge in [0.05, 0.1) is 0 Å². The molecule has 0 saturated carbocycles. The van der Waals surface area contributed by atoms with Crippen LogP contribution in [0.1, 0.15) is 19.8 Å². The summed E-state index contributed by atoms with van der Waals surface area (Å²) in [5, 5.41) is 3.40. The van der Waals surface area contributed by atoms with Gasteiger partial charge >= 0.3 is 0 Å². The van der Waals surface area contributed by atoms with E-state index < -0.39 is 0 Å². The molecule has 1 saturated heterocycles. The summed E-state index contributed by atoms with van der Waals surface area (Å²) in [5.41, 5.74) is 1.82. The largest absolute Gasteiger partial charge is 0.423 e. The highest BCUT2D eigenvalue weighted by Gasteiger charge is 2.25. The number of nitrogens with zero attached hydrogens (tertiary/aromatic N) is 2.